The Morgan fingerprint density at radius 2 is 1.82 bits per heavy atom. The normalized spacial score (nSPS) is 30.1. The van der Waals surface area contributed by atoms with Crippen molar-refractivity contribution < 1.29 is 22.1 Å². The van der Waals surface area contributed by atoms with E-state index >= 15 is 0 Å². The van der Waals surface area contributed by atoms with E-state index in [1.807, 2.05) is 21.6 Å². The average molecular weight is 373 g/mol. The van der Waals surface area contributed by atoms with Crippen molar-refractivity contribution in [1.29, 1.82) is 0 Å². The Kier molecular flexibility index (Phi) is 7.43. The minimum atomic E-state index is -4.92. The molecule has 0 aromatic heterocycles. The first-order chi connectivity index (χ1) is 9.99. The third-order valence-electron chi connectivity index (χ3n) is 3.58. The molecule has 3 atom stereocenters. The molecule has 0 spiro atoms. The number of nitrogens with one attached hydrogen (secondary N) is 1. The van der Waals surface area contributed by atoms with E-state index in [2.05, 4.69) is 54.7 Å². The Bertz CT molecular complexity index is 489. The smallest absolute Gasteiger partial charge is 0.319 e. The Morgan fingerprint density at radius 1 is 1.36 bits per heavy atom. The molecule has 0 aromatic rings. The van der Waals surface area contributed by atoms with Crippen LogP contribution in [0.3, 0.4) is 0 Å². The standard InChI is InChI=1S/C11H22N4S2.H2O4S/c1-8-6-15(7-9(2)14(8)5)11-12-10(13(3)4)16-17-11;1-5(2,3)4/h8-10H,6-7H2,1-5H3;(H2,1,2,3,4). The van der Waals surface area contributed by atoms with Crippen LogP contribution in [-0.2, 0) is 10.4 Å². The lowest BCUT2D eigenvalue weighted by atomic mass is 10.1. The van der Waals surface area contributed by atoms with Gasteiger partial charge < -0.3 is 4.55 Å². The third kappa shape index (κ3) is 6.60. The molecule has 0 bridgehead atoms. The summed E-state index contributed by atoms with van der Waals surface area (Å²) in [4.78, 5) is 4.68. The fraction of sp³-hybridized carbons (Fsp3) is 0.909. The van der Waals surface area contributed by atoms with Crippen molar-refractivity contribution in [2.45, 2.75) is 31.4 Å². The van der Waals surface area contributed by atoms with Gasteiger partial charge in [0.2, 0.25) is 15.9 Å². The summed E-state index contributed by atoms with van der Waals surface area (Å²) in [5.74, 6) is 0. The fourth-order valence-corrected chi connectivity index (χ4v) is 4.85. The molecule has 2 N–H and O–H groups in total. The monoisotopic (exact) mass is 372 g/mol. The van der Waals surface area contributed by atoms with E-state index in [1.54, 1.807) is 0 Å². The minimum absolute atomic E-state index is 0.403. The van der Waals surface area contributed by atoms with E-state index in [-0.39, 0.29) is 0 Å². The second-order valence-corrected chi connectivity index (χ2v) is 8.77. The van der Waals surface area contributed by atoms with E-state index < -0.39 is 10.4 Å². The van der Waals surface area contributed by atoms with Crippen molar-refractivity contribution in [1.82, 2.24) is 15.1 Å². The first-order valence-corrected chi connectivity index (χ1v) is 10.3. The molecule has 2 rings (SSSR count). The van der Waals surface area contributed by atoms with Gasteiger partial charge in [-0.2, -0.15) is 0 Å². The highest BCUT2D eigenvalue weighted by Crippen LogP contribution is 2.34. The summed E-state index contributed by atoms with van der Waals surface area (Å²) in [5.41, 5.74) is 0.403. The second kappa shape index (κ2) is 8.18. The number of piperazine rings is 1. The van der Waals surface area contributed by atoms with Gasteiger partial charge in [0.25, 0.3) is 0 Å². The summed E-state index contributed by atoms with van der Waals surface area (Å²) in [5, 5.41) is 4.93. The van der Waals surface area contributed by atoms with Crippen LogP contribution in [-0.4, -0.2) is 88.9 Å². The van der Waals surface area contributed by atoms with Gasteiger partial charge in [0.15, 0.2) is 0 Å². The zero-order chi connectivity index (χ0) is 17.1. The molecule has 0 saturated carbocycles. The molecular formula is C11H24N4O4S3. The van der Waals surface area contributed by atoms with Crippen LogP contribution in [0.1, 0.15) is 13.8 Å². The van der Waals surface area contributed by atoms with Crippen molar-refractivity contribution in [3.63, 3.8) is 0 Å². The quantitative estimate of drug-likeness (QED) is 0.283. The lowest BCUT2D eigenvalue weighted by Crippen LogP contribution is -2.54. The highest BCUT2D eigenvalue weighted by molar-refractivity contribution is 8.83. The molecule has 2 saturated heterocycles. The van der Waals surface area contributed by atoms with Crippen LogP contribution in [0.2, 0.25) is 0 Å². The first kappa shape index (κ1) is 20.0. The van der Waals surface area contributed by atoms with Crippen molar-refractivity contribution in [2.75, 3.05) is 34.2 Å². The number of likely N-dealkylation sites (N-methyl/N-ethyl adjacent to an activating group) is 1. The summed E-state index contributed by atoms with van der Waals surface area (Å²) in [6.07, 6.45) is 0. The van der Waals surface area contributed by atoms with Crippen LogP contribution in [0, 0.1) is 0 Å². The molecular weight excluding hydrogens is 348 g/mol. The maximum absolute atomic E-state index is 8.63. The largest absolute Gasteiger partial charge is 0.726 e. The summed E-state index contributed by atoms with van der Waals surface area (Å²) >= 11 is 0. The second-order valence-electron chi connectivity index (χ2n) is 5.64. The topological polar surface area (TPSA) is 99.0 Å². The van der Waals surface area contributed by atoms with Crippen LogP contribution in [0.15, 0.2) is 0 Å². The van der Waals surface area contributed by atoms with Crippen molar-refractivity contribution in [2.24, 2.45) is 0 Å². The molecule has 3 unspecified atom stereocenters. The minimum Gasteiger partial charge on any atom is -0.726 e. The van der Waals surface area contributed by atoms with E-state index in [1.165, 1.54) is 5.17 Å². The van der Waals surface area contributed by atoms with Crippen LogP contribution < -0.4 is 5.32 Å². The van der Waals surface area contributed by atoms with Crippen molar-refractivity contribution >= 4 is 37.2 Å². The van der Waals surface area contributed by atoms with Gasteiger partial charge in [0.1, 0.15) is 13.1 Å². The molecule has 11 heteroatoms. The summed E-state index contributed by atoms with van der Waals surface area (Å²) < 4.78 is 35.3. The molecule has 22 heavy (non-hydrogen) atoms. The Balaban J connectivity index is 0.000000422. The van der Waals surface area contributed by atoms with Crippen molar-refractivity contribution in [3.8, 4) is 0 Å². The molecule has 8 nitrogen and oxygen atoms in total. The van der Waals surface area contributed by atoms with E-state index in [0.717, 1.165) is 13.1 Å². The van der Waals surface area contributed by atoms with Gasteiger partial charge in [-0.3, -0.25) is 18.9 Å². The van der Waals surface area contributed by atoms with E-state index in [4.69, 9.17) is 17.5 Å². The summed E-state index contributed by atoms with van der Waals surface area (Å²) in [6, 6.07) is 1.24. The number of amidine groups is 1. The Labute approximate surface area is 140 Å². The van der Waals surface area contributed by atoms with Crippen LogP contribution in [0.5, 0.6) is 0 Å². The number of rotatable bonds is 1. The van der Waals surface area contributed by atoms with Crippen molar-refractivity contribution in [3.05, 3.63) is 0 Å². The fourth-order valence-electron chi connectivity index (χ4n) is 2.17. The zero-order valence-corrected chi connectivity index (χ0v) is 15.8. The van der Waals surface area contributed by atoms with Gasteiger partial charge in [0, 0.05) is 22.9 Å². The average Bonchev–Trinajstić information content (AvgIpc) is 2.83. The predicted octanol–water partition coefficient (Wildman–Crippen LogP) is -0.0883. The highest BCUT2D eigenvalue weighted by Gasteiger charge is 2.35. The SMILES string of the molecule is CC1C[N+](=C2NC(N(C)C)SS2)CC(C)N1C.O=S(=O)([O-])O. The van der Waals surface area contributed by atoms with Gasteiger partial charge in [-0.05, 0) is 45.8 Å². The molecule has 2 heterocycles. The van der Waals surface area contributed by atoms with Crippen LogP contribution in [0.4, 0.5) is 0 Å². The number of hydrogen-bond acceptors (Lipinski definition) is 7. The van der Waals surface area contributed by atoms with Gasteiger partial charge >= 0.3 is 5.17 Å². The highest BCUT2D eigenvalue weighted by atomic mass is 33.1. The Morgan fingerprint density at radius 3 is 2.18 bits per heavy atom. The Hall–Kier alpha value is -0.0400. The molecule has 2 aliphatic heterocycles. The van der Waals surface area contributed by atoms with Gasteiger partial charge in [-0.15, -0.1) is 0 Å². The maximum atomic E-state index is 8.63. The molecule has 0 amide bonds. The van der Waals surface area contributed by atoms with E-state index in [9.17, 15) is 0 Å². The lowest BCUT2D eigenvalue weighted by Gasteiger charge is -2.35. The predicted molar refractivity (Wildman–Crippen MR) is 89.8 cm³/mol. The molecule has 0 aliphatic carbocycles. The molecule has 0 aromatic carbocycles. The van der Waals surface area contributed by atoms with Gasteiger partial charge in [-0.25, -0.2) is 13.7 Å². The number of hydrogen-bond donors (Lipinski definition) is 2. The lowest BCUT2D eigenvalue weighted by molar-refractivity contribution is -0.552. The summed E-state index contributed by atoms with van der Waals surface area (Å²) in [7, 11) is 5.31. The molecule has 0 radical (unpaired) electrons. The first-order valence-electron chi connectivity index (χ1n) is 6.77. The zero-order valence-electron chi connectivity index (χ0n) is 13.4. The van der Waals surface area contributed by atoms with Gasteiger partial charge in [-0.1, -0.05) is 0 Å². The third-order valence-corrected chi connectivity index (χ3v) is 6.24. The van der Waals surface area contributed by atoms with Gasteiger partial charge in [0.05, 0.1) is 0 Å². The van der Waals surface area contributed by atoms with E-state index in [0.29, 0.717) is 17.6 Å². The molecule has 130 valence electrons. The van der Waals surface area contributed by atoms with Crippen LogP contribution in [0.25, 0.3) is 0 Å². The molecule has 2 aliphatic rings. The van der Waals surface area contributed by atoms with Crippen LogP contribution >= 0.6 is 21.6 Å². The summed E-state index contributed by atoms with van der Waals surface area (Å²) in [6.45, 7) is 6.85. The maximum Gasteiger partial charge on any atom is 0.319 e. The molecule has 2 fully saturated rings. The number of nitrogens with zero attached hydrogens (tertiary/aromatic N) is 3.